The molecule has 0 spiro atoms. The number of benzene rings is 1. The van der Waals surface area contributed by atoms with Crippen LogP contribution in [0.3, 0.4) is 0 Å². The molecule has 1 aromatic heterocycles. The summed E-state index contributed by atoms with van der Waals surface area (Å²) < 4.78 is 0. The van der Waals surface area contributed by atoms with Gasteiger partial charge in [0, 0.05) is 64.1 Å². The standard InChI is InChI=1S/C21H30N6/c1-17-5-4-6-19(15-17)25-11-13-27(14-12-25)21-16-20(22-18(2)23-21)26-9-7-24(3)8-10-26/h4-6,15-16H,7-14H2,1-3H3. The predicted molar refractivity (Wildman–Crippen MR) is 112 cm³/mol. The van der Waals surface area contributed by atoms with Crippen molar-refractivity contribution >= 4 is 17.3 Å². The van der Waals surface area contributed by atoms with Gasteiger partial charge >= 0.3 is 0 Å². The molecule has 6 heteroatoms. The van der Waals surface area contributed by atoms with Gasteiger partial charge in [-0.1, -0.05) is 12.1 Å². The summed E-state index contributed by atoms with van der Waals surface area (Å²) >= 11 is 0. The molecule has 144 valence electrons. The van der Waals surface area contributed by atoms with Crippen LogP contribution < -0.4 is 14.7 Å². The average molecular weight is 367 g/mol. The van der Waals surface area contributed by atoms with E-state index in [2.05, 4.69) is 63.9 Å². The first kappa shape index (κ1) is 18.0. The maximum Gasteiger partial charge on any atom is 0.134 e. The van der Waals surface area contributed by atoms with Crippen LogP contribution in [0.15, 0.2) is 30.3 Å². The van der Waals surface area contributed by atoms with Crippen molar-refractivity contribution in [3.63, 3.8) is 0 Å². The number of anilines is 3. The zero-order valence-corrected chi connectivity index (χ0v) is 16.7. The van der Waals surface area contributed by atoms with Crippen molar-refractivity contribution in [2.45, 2.75) is 13.8 Å². The molecule has 6 nitrogen and oxygen atoms in total. The van der Waals surface area contributed by atoms with Crippen LogP contribution >= 0.6 is 0 Å². The van der Waals surface area contributed by atoms with Gasteiger partial charge in [-0.15, -0.1) is 0 Å². The molecule has 2 aromatic rings. The third-order valence-corrected chi connectivity index (χ3v) is 5.61. The highest BCUT2D eigenvalue weighted by Gasteiger charge is 2.21. The second-order valence-electron chi connectivity index (χ2n) is 7.73. The first-order valence-electron chi connectivity index (χ1n) is 9.94. The second-order valence-corrected chi connectivity index (χ2v) is 7.73. The van der Waals surface area contributed by atoms with Gasteiger partial charge in [-0.05, 0) is 38.6 Å². The van der Waals surface area contributed by atoms with E-state index in [4.69, 9.17) is 9.97 Å². The van der Waals surface area contributed by atoms with E-state index in [1.165, 1.54) is 11.3 Å². The number of aryl methyl sites for hydroxylation is 2. The van der Waals surface area contributed by atoms with Crippen molar-refractivity contribution in [3.8, 4) is 0 Å². The summed E-state index contributed by atoms with van der Waals surface area (Å²) in [6.45, 7) is 12.4. The lowest BCUT2D eigenvalue weighted by Crippen LogP contribution is -2.47. The van der Waals surface area contributed by atoms with E-state index in [0.29, 0.717) is 0 Å². The van der Waals surface area contributed by atoms with Crippen LogP contribution in [0.1, 0.15) is 11.4 Å². The fourth-order valence-electron chi connectivity index (χ4n) is 3.91. The molecule has 0 bridgehead atoms. The quantitative estimate of drug-likeness (QED) is 0.829. The number of likely N-dealkylation sites (N-methyl/N-ethyl adjacent to an activating group) is 1. The van der Waals surface area contributed by atoms with E-state index in [9.17, 15) is 0 Å². The van der Waals surface area contributed by atoms with Crippen LogP contribution in [0.2, 0.25) is 0 Å². The lowest BCUT2D eigenvalue weighted by molar-refractivity contribution is 0.312. The number of rotatable bonds is 3. The first-order chi connectivity index (χ1) is 13.1. The molecule has 0 radical (unpaired) electrons. The van der Waals surface area contributed by atoms with Crippen LogP contribution in [0.25, 0.3) is 0 Å². The number of nitrogens with zero attached hydrogens (tertiary/aromatic N) is 6. The zero-order chi connectivity index (χ0) is 18.8. The minimum absolute atomic E-state index is 0.863. The van der Waals surface area contributed by atoms with Crippen LogP contribution in [0.5, 0.6) is 0 Å². The molecule has 0 amide bonds. The Labute approximate surface area is 162 Å². The Balaban J connectivity index is 1.45. The molecule has 0 atom stereocenters. The molecule has 4 rings (SSSR count). The Bertz CT molecular complexity index is 776. The lowest BCUT2D eigenvalue weighted by Gasteiger charge is -2.37. The molecule has 2 aliphatic rings. The minimum Gasteiger partial charge on any atom is -0.368 e. The van der Waals surface area contributed by atoms with E-state index < -0.39 is 0 Å². The SMILES string of the molecule is Cc1cccc(N2CCN(c3cc(N4CCN(C)CC4)nc(C)n3)CC2)c1. The maximum absolute atomic E-state index is 4.74. The van der Waals surface area contributed by atoms with Crippen molar-refractivity contribution in [2.24, 2.45) is 0 Å². The van der Waals surface area contributed by atoms with E-state index in [1.54, 1.807) is 0 Å². The Morgan fingerprint density at radius 3 is 1.85 bits per heavy atom. The Hall–Kier alpha value is -2.34. The molecule has 1 aromatic carbocycles. The molecule has 3 heterocycles. The van der Waals surface area contributed by atoms with Gasteiger partial charge in [0.2, 0.25) is 0 Å². The van der Waals surface area contributed by atoms with Gasteiger partial charge < -0.3 is 19.6 Å². The van der Waals surface area contributed by atoms with Gasteiger partial charge in [0.25, 0.3) is 0 Å². The third kappa shape index (κ3) is 4.16. The number of hydrogen-bond donors (Lipinski definition) is 0. The van der Waals surface area contributed by atoms with Crippen molar-refractivity contribution in [1.29, 1.82) is 0 Å². The minimum atomic E-state index is 0.863. The van der Waals surface area contributed by atoms with Gasteiger partial charge in [0.1, 0.15) is 17.5 Å². The van der Waals surface area contributed by atoms with Gasteiger partial charge in [0.15, 0.2) is 0 Å². The molecule has 2 aliphatic heterocycles. The van der Waals surface area contributed by atoms with E-state index in [0.717, 1.165) is 69.8 Å². The van der Waals surface area contributed by atoms with Crippen molar-refractivity contribution in [1.82, 2.24) is 14.9 Å². The van der Waals surface area contributed by atoms with Gasteiger partial charge in [0.05, 0.1) is 0 Å². The van der Waals surface area contributed by atoms with Crippen molar-refractivity contribution in [3.05, 3.63) is 41.7 Å². The van der Waals surface area contributed by atoms with Crippen LogP contribution in [-0.2, 0) is 0 Å². The second kappa shape index (κ2) is 7.72. The fourth-order valence-corrected chi connectivity index (χ4v) is 3.91. The van der Waals surface area contributed by atoms with Gasteiger partial charge in [-0.25, -0.2) is 9.97 Å². The summed E-state index contributed by atoms with van der Waals surface area (Å²) in [5.41, 5.74) is 2.64. The number of hydrogen-bond acceptors (Lipinski definition) is 6. The molecule has 0 saturated carbocycles. The summed E-state index contributed by atoms with van der Waals surface area (Å²) in [6.07, 6.45) is 0. The molecule has 2 fully saturated rings. The van der Waals surface area contributed by atoms with Gasteiger partial charge in [-0.2, -0.15) is 0 Å². The highest BCUT2D eigenvalue weighted by Crippen LogP contribution is 2.23. The summed E-state index contributed by atoms with van der Waals surface area (Å²) in [5, 5.41) is 0. The Morgan fingerprint density at radius 1 is 0.704 bits per heavy atom. The molecular weight excluding hydrogens is 336 g/mol. The summed E-state index contributed by atoms with van der Waals surface area (Å²) in [6, 6.07) is 11.0. The summed E-state index contributed by atoms with van der Waals surface area (Å²) in [5.74, 6) is 3.01. The highest BCUT2D eigenvalue weighted by molar-refractivity contribution is 5.54. The van der Waals surface area contributed by atoms with Crippen LogP contribution in [0, 0.1) is 13.8 Å². The first-order valence-corrected chi connectivity index (χ1v) is 9.94. The maximum atomic E-state index is 4.74. The predicted octanol–water partition coefficient (Wildman–Crippen LogP) is 2.17. The third-order valence-electron chi connectivity index (χ3n) is 5.61. The topological polar surface area (TPSA) is 38.7 Å². The summed E-state index contributed by atoms with van der Waals surface area (Å²) in [4.78, 5) is 19.1. The molecular formula is C21H30N6. The van der Waals surface area contributed by atoms with Crippen LogP contribution in [0.4, 0.5) is 17.3 Å². The Kier molecular flexibility index (Phi) is 5.16. The van der Waals surface area contributed by atoms with Gasteiger partial charge in [-0.3, -0.25) is 0 Å². The van der Waals surface area contributed by atoms with E-state index in [-0.39, 0.29) is 0 Å². The van der Waals surface area contributed by atoms with Crippen LogP contribution in [-0.4, -0.2) is 74.3 Å². The van der Waals surface area contributed by atoms with E-state index in [1.807, 2.05) is 6.92 Å². The smallest absolute Gasteiger partial charge is 0.134 e. The molecule has 0 N–H and O–H groups in total. The van der Waals surface area contributed by atoms with E-state index >= 15 is 0 Å². The average Bonchev–Trinajstić information content (AvgIpc) is 2.68. The largest absolute Gasteiger partial charge is 0.368 e. The zero-order valence-electron chi connectivity index (χ0n) is 16.7. The highest BCUT2D eigenvalue weighted by atomic mass is 15.3. The Morgan fingerprint density at radius 2 is 1.26 bits per heavy atom. The monoisotopic (exact) mass is 366 g/mol. The normalized spacial score (nSPS) is 18.9. The number of aromatic nitrogens is 2. The molecule has 0 aliphatic carbocycles. The molecule has 2 saturated heterocycles. The van der Waals surface area contributed by atoms with Crippen molar-refractivity contribution < 1.29 is 0 Å². The lowest BCUT2D eigenvalue weighted by atomic mass is 10.2. The summed E-state index contributed by atoms with van der Waals surface area (Å²) in [7, 11) is 2.18. The molecule has 0 unspecified atom stereocenters. The fraction of sp³-hybridized carbons (Fsp3) is 0.524. The van der Waals surface area contributed by atoms with Crippen molar-refractivity contribution in [2.75, 3.05) is 74.1 Å². The molecule has 27 heavy (non-hydrogen) atoms. The number of piperazine rings is 2.